The SMILES string of the molecule is Cc1nn(-c2ncc(NC(=O)c3cc(Cl)sc3Cl)cn2)c(C)c1C. The molecule has 9 heteroatoms. The van der Waals surface area contributed by atoms with Crippen LogP contribution in [0.3, 0.4) is 0 Å². The molecule has 0 radical (unpaired) electrons. The van der Waals surface area contributed by atoms with Crippen LogP contribution in [-0.4, -0.2) is 25.7 Å². The van der Waals surface area contributed by atoms with E-state index in [1.165, 1.54) is 18.5 Å². The summed E-state index contributed by atoms with van der Waals surface area (Å²) in [7, 11) is 0. The van der Waals surface area contributed by atoms with Crippen LogP contribution < -0.4 is 5.32 Å². The molecule has 0 aliphatic heterocycles. The van der Waals surface area contributed by atoms with Crippen LogP contribution in [0.5, 0.6) is 0 Å². The molecule has 0 bridgehead atoms. The Labute approximate surface area is 152 Å². The van der Waals surface area contributed by atoms with Crippen molar-refractivity contribution in [2.75, 3.05) is 5.32 Å². The molecule has 0 fully saturated rings. The summed E-state index contributed by atoms with van der Waals surface area (Å²) < 4.78 is 2.47. The number of carbonyl (C=O) groups is 1. The van der Waals surface area contributed by atoms with Gasteiger partial charge in [-0.3, -0.25) is 4.79 Å². The number of nitrogens with one attached hydrogen (secondary N) is 1. The third-order valence-corrected chi connectivity index (χ3v) is 5.13. The van der Waals surface area contributed by atoms with Gasteiger partial charge in [-0.2, -0.15) is 5.10 Å². The maximum atomic E-state index is 12.2. The molecule has 3 heterocycles. The Hall–Kier alpha value is -1.96. The molecule has 3 aromatic heterocycles. The second-order valence-electron chi connectivity index (χ2n) is 5.17. The van der Waals surface area contributed by atoms with Gasteiger partial charge in [0, 0.05) is 5.69 Å². The lowest BCUT2D eigenvalue weighted by molar-refractivity contribution is 0.102. The first-order valence-electron chi connectivity index (χ1n) is 6.98. The summed E-state index contributed by atoms with van der Waals surface area (Å²) in [6.45, 7) is 5.89. The van der Waals surface area contributed by atoms with E-state index in [0.717, 1.165) is 28.3 Å². The fourth-order valence-corrected chi connectivity index (χ4v) is 3.56. The number of anilines is 1. The number of hydrogen-bond acceptors (Lipinski definition) is 5. The number of halogens is 2. The first-order chi connectivity index (χ1) is 11.4. The van der Waals surface area contributed by atoms with Crippen molar-refractivity contribution in [1.29, 1.82) is 0 Å². The van der Waals surface area contributed by atoms with E-state index in [0.29, 0.717) is 25.9 Å². The average Bonchev–Trinajstić information content (AvgIpc) is 3.02. The number of aryl methyl sites for hydroxylation is 1. The molecule has 1 N–H and O–H groups in total. The Kier molecular flexibility index (Phi) is 4.58. The van der Waals surface area contributed by atoms with Crippen molar-refractivity contribution in [2.45, 2.75) is 20.8 Å². The van der Waals surface area contributed by atoms with Crippen LogP contribution >= 0.6 is 34.5 Å². The van der Waals surface area contributed by atoms with Crippen molar-refractivity contribution in [1.82, 2.24) is 19.7 Å². The predicted molar refractivity (Wildman–Crippen MR) is 95.7 cm³/mol. The lowest BCUT2D eigenvalue weighted by Crippen LogP contribution is -2.13. The number of carbonyl (C=O) groups excluding carboxylic acids is 1. The van der Waals surface area contributed by atoms with Gasteiger partial charge in [0.1, 0.15) is 4.34 Å². The summed E-state index contributed by atoms with van der Waals surface area (Å²) >= 11 is 13.0. The molecule has 24 heavy (non-hydrogen) atoms. The minimum atomic E-state index is -0.360. The highest BCUT2D eigenvalue weighted by molar-refractivity contribution is 7.20. The third kappa shape index (κ3) is 3.15. The Balaban J connectivity index is 1.81. The van der Waals surface area contributed by atoms with Crippen molar-refractivity contribution < 1.29 is 4.79 Å². The zero-order valence-corrected chi connectivity index (χ0v) is 15.4. The second kappa shape index (κ2) is 6.51. The minimum absolute atomic E-state index is 0.324. The smallest absolute Gasteiger partial charge is 0.258 e. The summed E-state index contributed by atoms with van der Waals surface area (Å²) in [4.78, 5) is 20.7. The molecule has 0 saturated carbocycles. The van der Waals surface area contributed by atoms with Crippen LogP contribution in [0.1, 0.15) is 27.3 Å². The van der Waals surface area contributed by atoms with Crippen LogP contribution in [0, 0.1) is 20.8 Å². The fourth-order valence-electron chi connectivity index (χ4n) is 2.10. The standard InChI is InChI=1S/C15H13Cl2N5OS/c1-7-8(2)21-22(9(7)3)15-18-5-10(6-19-15)20-14(23)11-4-12(16)24-13(11)17/h4-6H,1-3H3,(H,20,23). The molecule has 0 atom stereocenters. The monoisotopic (exact) mass is 381 g/mol. The van der Waals surface area contributed by atoms with E-state index >= 15 is 0 Å². The van der Waals surface area contributed by atoms with Crippen molar-refractivity contribution >= 4 is 46.1 Å². The van der Waals surface area contributed by atoms with Gasteiger partial charge in [-0.15, -0.1) is 11.3 Å². The Bertz CT molecular complexity index is 917. The molecular weight excluding hydrogens is 369 g/mol. The number of rotatable bonds is 3. The van der Waals surface area contributed by atoms with Gasteiger partial charge in [0.05, 0.1) is 33.7 Å². The number of amides is 1. The van der Waals surface area contributed by atoms with Gasteiger partial charge in [-0.25, -0.2) is 14.6 Å². The predicted octanol–water partition coefficient (Wildman–Crippen LogP) is 4.21. The molecule has 0 aliphatic rings. The molecule has 1 amide bonds. The van der Waals surface area contributed by atoms with Crippen molar-refractivity contribution in [2.24, 2.45) is 0 Å². The van der Waals surface area contributed by atoms with Crippen LogP contribution in [-0.2, 0) is 0 Å². The first kappa shape index (κ1) is 16.9. The van der Waals surface area contributed by atoms with Gasteiger partial charge in [0.15, 0.2) is 0 Å². The molecule has 3 rings (SSSR count). The molecule has 6 nitrogen and oxygen atoms in total. The molecule has 124 valence electrons. The summed E-state index contributed by atoms with van der Waals surface area (Å²) in [5.41, 5.74) is 3.78. The second-order valence-corrected chi connectivity index (χ2v) is 7.46. The third-order valence-electron chi connectivity index (χ3n) is 3.64. The lowest BCUT2D eigenvalue weighted by atomic mass is 10.2. The van der Waals surface area contributed by atoms with Crippen molar-refractivity contribution in [3.63, 3.8) is 0 Å². The molecule has 0 aliphatic carbocycles. The summed E-state index contributed by atoms with van der Waals surface area (Å²) in [6.07, 6.45) is 3.04. The first-order valence-corrected chi connectivity index (χ1v) is 8.55. The normalized spacial score (nSPS) is 10.9. The van der Waals surface area contributed by atoms with Gasteiger partial charge in [0.2, 0.25) is 0 Å². The highest BCUT2D eigenvalue weighted by atomic mass is 35.5. The average molecular weight is 382 g/mol. The van der Waals surface area contributed by atoms with E-state index in [2.05, 4.69) is 20.4 Å². The quantitative estimate of drug-likeness (QED) is 0.737. The van der Waals surface area contributed by atoms with E-state index in [9.17, 15) is 4.79 Å². The topological polar surface area (TPSA) is 72.7 Å². The van der Waals surface area contributed by atoms with E-state index < -0.39 is 0 Å². The van der Waals surface area contributed by atoms with Crippen LogP contribution in [0.4, 0.5) is 5.69 Å². The molecule has 0 aromatic carbocycles. The van der Waals surface area contributed by atoms with E-state index in [-0.39, 0.29) is 5.91 Å². The molecule has 0 saturated heterocycles. The van der Waals surface area contributed by atoms with E-state index in [1.54, 1.807) is 4.68 Å². The number of thiophene rings is 1. The zero-order chi connectivity index (χ0) is 17.4. The number of aromatic nitrogens is 4. The number of hydrogen-bond donors (Lipinski definition) is 1. The van der Waals surface area contributed by atoms with Crippen molar-refractivity contribution in [3.8, 4) is 5.95 Å². The van der Waals surface area contributed by atoms with Gasteiger partial charge in [-0.1, -0.05) is 23.2 Å². The highest BCUT2D eigenvalue weighted by Gasteiger charge is 2.15. The van der Waals surface area contributed by atoms with E-state index in [4.69, 9.17) is 23.2 Å². The summed E-state index contributed by atoms with van der Waals surface area (Å²) in [5, 5.41) is 7.10. The minimum Gasteiger partial charge on any atom is -0.319 e. The largest absolute Gasteiger partial charge is 0.319 e. The molecule has 0 unspecified atom stereocenters. The van der Waals surface area contributed by atoms with Crippen LogP contribution in [0.25, 0.3) is 5.95 Å². The highest BCUT2D eigenvalue weighted by Crippen LogP contribution is 2.31. The van der Waals surface area contributed by atoms with Crippen LogP contribution in [0.2, 0.25) is 8.67 Å². The zero-order valence-electron chi connectivity index (χ0n) is 13.1. The van der Waals surface area contributed by atoms with Gasteiger partial charge < -0.3 is 5.32 Å². The maximum absolute atomic E-state index is 12.2. The Morgan fingerprint density at radius 2 is 1.88 bits per heavy atom. The number of nitrogens with zero attached hydrogens (tertiary/aromatic N) is 4. The Morgan fingerprint density at radius 1 is 1.21 bits per heavy atom. The van der Waals surface area contributed by atoms with Gasteiger partial charge in [-0.05, 0) is 32.4 Å². The summed E-state index contributed by atoms with van der Waals surface area (Å²) in [6, 6.07) is 1.53. The summed E-state index contributed by atoms with van der Waals surface area (Å²) in [5.74, 6) is 0.0831. The van der Waals surface area contributed by atoms with E-state index in [1.807, 2.05) is 20.8 Å². The molecular formula is C15H13Cl2N5OS. The maximum Gasteiger partial charge on any atom is 0.258 e. The van der Waals surface area contributed by atoms with Crippen LogP contribution in [0.15, 0.2) is 18.5 Å². The van der Waals surface area contributed by atoms with Gasteiger partial charge >= 0.3 is 0 Å². The van der Waals surface area contributed by atoms with Gasteiger partial charge in [0.25, 0.3) is 11.9 Å². The Morgan fingerprint density at radius 3 is 2.38 bits per heavy atom. The lowest BCUT2D eigenvalue weighted by Gasteiger charge is -2.06. The molecule has 0 spiro atoms. The fraction of sp³-hybridized carbons (Fsp3) is 0.200. The molecule has 3 aromatic rings. The van der Waals surface area contributed by atoms with Crippen molar-refractivity contribution in [3.05, 3.63) is 49.6 Å².